The number of rotatable bonds is 4. The molecule has 2 rings (SSSR count). The number of alkyl carbamates (subject to hydrolysis) is 1. The first-order valence-electron chi connectivity index (χ1n) is 10.8. The van der Waals surface area contributed by atoms with Crippen LogP contribution >= 0.6 is 0 Å². The van der Waals surface area contributed by atoms with E-state index in [4.69, 9.17) is 9.47 Å². The Labute approximate surface area is 181 Å². The lowest BCUT2D eigenvalue weighted by Crippen LogP contribution is -2.70. The molecule has 1 saturated heterocycles. The van der Waals surface area contributed by atoms with E-state index in [2.05, 4.69) is 38.2 Å². The normalized spacial score (nSPS) is 16.0. The van der Waals surface area contributed by atoms with Gasteiger partial charge in [0.25, 0.3) is 0 Å². The quantitative estimate of drug-likeness (QED) is 0.739. The van der Waals surface area contributed by atoms with Gasteiger partial charge >= 0.3 is 12.2 Å². The van der Waals surface area contributed by atoms with Gasteiger partial charge in [0.1, 0.15) is 16.7 Å². The molecule has 1 aliphatic rings. The molecular weight excluding hydrogens is 380 g/mol. The van der Waals surface area contributed by atoms with Gasteiger partial charge in [0.05, 0.1) is 13.1 Å². The van der Waals surface area contributed by atoms with Crippen LogP contribution < -0.4 is 5.32 Å². The molecule has 1 aromatic rings. The first-order valence-corrected chi connectivity index (χ1v) is 10.8. The van der Waals surface area contributed by atoms with Gasteiger partial charge in [-0.3, -0.25) is 0 Å². The smallest absolute Gasteiger partial charge is 0.410 e. The van der Waals surface area contributed by atoms with Crippen molar-refractivity contribution in [3.63, 3.8) is 0 Å². The molecule has 6 heteroatoms. The fourth-order valence-electron chi connectivity index (χ4n) is 3.97. The molecule has 1 heterocycles. The third-order valence-electron chi connectivity index (χ3n) is 5.00. The van der Waals surface area contributed by atoms with Gasteiger partial charge in [0.2, 0.25) is 0 Å². The van der Waals surface area contributed by atoms with Crippen LogP contribution in [0.15, 0.2) is 12.1 Å². The molecule has 0 aromatic heterocycles. The minimum absolute atomic E-state index is 0.351. The van der Waals surface area contributed by atoms with Crippen molar-refractivity contribution in [3.8, 4) is 0 Å². The second-order valence-electron chi connectivity index (χ2n) is 10.2. The molecule has 0 spiro atoms. The highest BCUT2D eigenvalue weighted by atomic mass is 16.6. The molecule has 0 bridgehead atoms. The molecule has 0 radical (unpaired) electrons. The predicted octanol–water partition coefficient (Wildman–Crippen LogP) is 5.09. The van der Waals surface area contributed by atoms with E-state index < -0.39 is 22.8 Å². The van der Waals surface area contributed by atoms with Crippen molar-refractivity contribution in [2.75, 3.05) is 13.1 Å². The van der Waals surface area contributed by atoms with E-state index in [9.17, 15) is 9.59 Å². The summed E-state index contributed by atoms with van der Waals surface area (Å²) in [5, 5.41) is 3.11. The Balaban J connectivity index is 2.43. The zero-order valence-electron chi connectivity index (χ0n) is 20.1. The number of carbonyl (C=O) groups excluding carboxylic acids is 2. The van der Waals surface area contributed by atoms with Crippen molar-refractivity contribution in [3.05, 3.63) is 34.4 Å². The third kappa shape index (κ3) is 5.67. The van der Waals surface area contributed by atoms with Gasteiger partial charge in [0, 0.05) is 0 Å². The van der Waals surface area contributed by atoms with Gasteiger partial charge in [-0.05, 0) is 78.0 Å². The lowest BCUT2D eigenvalue weighted by Gasteiger charge is -2.51. The summed E-state index contributed by atoms with van der Waals surface area (Å²) in [6.45, 7) is 18.1. The number of hydrogen-bond donors (Lipinski definition) is 1. The topological polar surface area (TPSA) is 67.9 Å². The number of benzene rings is 1. The van der Waals surface area contributed by atoms with Crippen molar-refractivity contribution in [2.24, 2.45) is 0 Å². The van der Waals surface area contributed by atoms with E-state index in [-0.39, 0.29) is 6.09 Å². The van der Waals surface area contributed by atoms with Gasteiger partial charge in [-0.25, -0.2) is 9.59 Å². The minimum atomic E-state index is -0.691. The molecule has 0 saturated carbocycles. The highest BCUT2D eigenvalue weighted by Gasteiger charge is 2.51. The molecule has 0 unspecified atom stereocenters. The molecule has 168 valence electrons. The van der Waals surface area contributed by atoms with Crippen LogP contribution in [-0.2, 0) is 27.9 Å². The summed E-state index contributed by atoms with van der Waals surface area (Å²) in [5.41, 5.74) is 2.81. The Morgan fingerprint density at radius 2 is 1.43 bits per heavy atom. The Morgan fingerprint density at radius 1 is 0.967 bits per heavy atom. The molecule has 0 atom stereocenters. The van der Waals surface area contributed by atoms with Crippen LogP contribution in [0.1, 0.15) is 77.6 Å². The van der Waals surface area contributed by atoms with Crippen LogP contribution in [0.2, 0.25) is 0 Å². The van der Waals surface area contributed by atoms with Gasteiger partial charge in [-0.2, -0.15) is 0 Å². The van der Waals surface area contributed by atoms with Crippen LogP contribution in [-0.4, -0.2) is 41.4 Å². The summed E-state index contributed by atoms with van der Waals surface area (Å²) < 4.78 is 11.1. The minimum Gasteiger partial charge on any atom is -0.444 e. The average molecular weight is 419 g/mol. The van der Waals surface area contributed by atoms with Gasteiger partial charge in [0.15, 0.2) is 0 Å². The van der Waals surface area contributed by atoms with E-state index in [1.807, 2.05) is 41.5 Å². The standard InChI is InChI=1S/C24H38N2O4/c1-10-17-12-16(3)13-18(11-2)19(17)24(25-20(27)29-22(4,5)6)14-26(15-24)21(28)30-23(7,8)9/h12-13H,10-11,14-15H2,1-9H3,(H,25,27). The Bertz CT molecular complexity index is 771. The highest BCUT2D eigenvalue weighted by molar-refractivity contribution is 5.74. The van der Waals surface area contributed by atoms with E-state index in [1.165, 1.54) is 16.7 Å². The molecule has 1 N–H and O–H groups in total. The van der Waals surface area contributed by atoms with Gasteiger partial charge in [-0.1, -0.05) is 31.5 Å². The van der Waals surface area contributed by atoms with Crippen LogP contribution in [0.25, 0.3) is 0 Å². The summed E-state index contributed by atoms with van der Waals surface area (Å²) in [7, 11) is 0. The lowest BCUT2D eigenvalue weighted by molar-refractivity contribution is -0.0233. The van der Waals surface area contributed by atoms with E-state index in [0.29, 0.717) is 13.1 Å². The highest BCUT2D eigenvalue weighted by Crippen LogP contribution is 2.38. The number of likely N-dealkylation sites (tertiary alicyclic amines) is 1. The fraction of sp³-hybridized carbons (Fsp3) is 0.667. The summed E-state index contributed by atoms with van der Waals surface area (Å²) >= 11 is 0. The second-order valence-corrected chi connectivity index (χ2v) is 10.2. The number of nitrogens with one attached hydrogen (secondary N) is 1. The average Bonchev–Trinajstić information content (AvgIpc) is 2.53. The van der Waals surface area contributed by atoms with Gasteiger partial charge in [-0.15, -0.1) is 0 Å². The van der Waals surface area contributed by atoms with Crippen molar-refractivity contribution in [1.29, 1.82) is 0 Å². The SMILES string of the molecule is CCc1cc(C)cc(CC)c1C1(NC(=O)OC(C)(C)C)CN(C(=O)OC(C)(C)C)C1. The predicted molar refractivity (Wildman–Crippen MR) is 119 cm³/mol. The Hall–Kier alpha value is -2.24. The summed E-state index contributed by atoms with van der Waals surface area (Å²) in [6.07, 6.45) is 0.839. The summed E-state index contributed by atoms with van der Waals surface area (Å²) in [5.74, 6) is 0. The number of hydrogen-bond acceptors (Lipinski definition) is 4. The molecule has 6 nitrogen and oxygen atoms in total. The maximum absolute atomic E-state index is 12.7. The van der Waals surface area contributed by atoms with E-state index in [0.717, 1.165) is 18.4 Å². The Morgan fingerprint density at radius 3 is 1.83 bits per heavy atom. The molecule has 2 amide bonds. The Kier molecular flexibility index (Phi) is 6.79. The number of carbonyl (C=O) groups is 2. The maximum atomic E-state index is 12.7. The monoisotopic (exact) mass is 418 g/mol. The largest absolute Gasteiger partial charge is 0.444 e. The first-order chi connectivity index (χ1) is 13.7. The summed E-state index contributed by atoms with van der Waals surface area (Å²) in [6, 6.07) is 4.34. The number of nitrogens with zero attached hydrogens (tertiary/aromatic N) is 1. The molecule has 1 fully saturated rings. The van der Waals surface area contributed by atoms with E-state index in [1.54, 1.807) is 4.90 Å². The number of ether oxygens (including phenoxy) is 2. The van der Waals surface area contributed by atoms with Crippen LogP contribution in [0.3, 0.4) is 0 Å². The first kappa shape index (κ1) is 24.0. The molecule has 1 aliphatic heterocycles. The van der Waals surface area contributed by atoms with Crippen molar-refractivity contribution in [2.45, 2.75) is 91.9 Å². The zero-order valence-corrected chi connectivity index (χ0v) is 20.1. The number of aryl methyl sites for hydroxylation is 3. The third-order valence-corrected chi connectivity index (χ3v) is 5.00. The maximum Gasteiger partial charge on any atom is 0.410 e. The fourth-order valence-corrected chi connectivity index (χ4v) is 3.97. The van der Waals surface area contributed by atoms with Crippen molar-refractivity contribution in [1.82, 2.24) is 10.2 Å². The van der Waals surface area contributed by atoms with Crippen molar-refractivity contribution < 1.29 is 19.1 Å². The summed E-state index contributed by atoms with van der Waals surface area (Å²) in [4.78, 5) is 27.0. The van der Waals surface area contributed by atoms with Crippen LogP contribution in [0.5, 0.6) is 0 Å². The van der Waals surface area contributed by atoms with E-state index >= 15 is 0 Å². The zero-order chi connectivity index (χ0) is 22.9. The second kappa shape index (κ2) is 8.48. The van der Waals surface area contributed by atoms with Crippen LogP contribution in [0, 0.1) is 6.92 Å². The van der Waals surface area contributed by atoms with Gasteiger partial charge < -0.3 is 19.7 Å². The molecule has 1 aromatic carbocycles. The van der Waals surface area contributed by atoms with Crippen LogP contribution in [0.4, 0.5) is 9.59 Å². The van der Waals surface area contributed by atoms with Crippen molar-refractivity contribution >= 4 is 12.2 Å². The lowest BCUT2D eigenvalue weighted by atomic mass is 9.76. The number of amides is 2. The molecular formula is C24H38N2O4. The molecule has 30 heavy (non-hydrogen) atoms. The molecule has 0 aliphatic carbocycles.